The van der Waals surface area contributed by atoms with Gasteiger partial charge in [-0.1, -0.05) is 333 Å². The fourth-order valence-corrected chi connectivity index (χ4v) is 10.3. The van der Waals surface area contributed by atoms with Gasteiger partial charge in [0.2, 0.25) is 0 Å². The molecule has 0 amide bonds. The average Bonchev–Trinajstić information content (AvgIpc) is 3.42. The lowest BCUT2D eigenvalue weighted by atomic mass is 10.0. The minimum Gasteiger partial charge on any atom is -0.462 e. The summed E-state index contributed by atoms with van der Waals surface area (Å²) in [6, 6.07) is 0. The van der Waals surface area contributed by atoms with E-state index in [0.29, 0.717) is 19.3 Å². The Bertz CT molecular complexity index is 1270. The van der Waals surface area contributed by atoms with Gasteiger partial charge in [-0.15, -0.1) is 0 Å². The highest BCUT2D eigenvalue weighted by Gasteiger charge is 2.19. The SMILES string of the molecule is CCCCCCC/C=C\C/C=C\C/C=C\CCCCCCCCCCCCC(=O)OCC(COC(=O)CCCCCCCCCCCCCC)OC(=O)CCCCCCCCCCCCCCCCCCCCCCC. The molecule has 1 unspecified atom stereocenters. The molecule has 0 aromatic carbocycles. The molecule has 76 heavy (non-hydrogen) atoms. The van der Waals surface area contributed by atoms with Crippen LogP contribution in [0.5, 0.6) is 0 Å². The molecule has 1 atom stereocenters. The highest BCUT2D eigenvalue weighted by molar-refractivity contribution is 5.71. The van der Waals surface area contributed by atoms with Crippen LogP contribution >= 0.6 is 0 Å². The largest absolute Gasteiger partial charge is 0.462 e. The number of carbonyl (C=O) groups is 3. The highest BCUT2D eigenvalue weighted by Crippen LogP contribution is 2.18. The maximum atomic E-state index is 12.9. The lowest BCUT2D eigenvalue weighted by Crippen LogP contribution is -2.30. The zero-order chi connectivity index (χ0) is 55.0. The molecular weight excluding hydrogens is 937 g/mol. The number of ether oxygens (including phenoxy) is 3. The van der Waals surface area contributed by atoms with Gasteiger partial charge in [-0.2, -0.15) is 0 Å². The molecule has 0 saturated carbocycles. The maximum absolute atomic E-state index is 12.9. The monoisotopic (exact) mass is 1070 g/mol. The first-order chi connectivity index (χ1) is 37.5. The average molecular weight is 1070 g/mol. The molecule has 0 rings (SSSR count). The molecule has 6 nitrogen and oxygen atoms in total. The summed E-state index contributed by atoms with van der Waals surface area (Å²) in [4.78, 5) is 38.3. The van der Waals surface area contributed by atoms with Crippen LogP contribution in [0.1, 0.15) is 374 Å². The van der Waals surface area contributed by atoms with E-state index in [1.54, 1.807) is 0 Å². The van der Waals surface area contributed by atoms with Gasteiger partial charge in [0, 0.05) is 19.3 Å². The first kappa shape index (κ1) is 73.6. The van der Waals surface area contributed by atoms with Crippen molar-refractivity contribution >= 4 is 17.9 Å². The quantitative estimate of drug-likeness (QED) is 0.0261. The van der Waals surface area contributed by atoms with Gasteiger partial charge in [0.1, 0.15) is 13.2 Å². The Morgan fingerprint density at radius 2 is 0.474 bits per heavy atom. The predicted molar refractivity (Wildman–Crippen MR) is 330 cm³/mol. The third-order valence-corrected chi connectivity index (χ3v) is 15.4. The van der Waals surface area contributed by atoms with Gasteiger partial charge >= 0.3 is 17.9 Å². The molecule has 0 fully saturated rings. The molecule has 0 radical (unpaired) electrons. The number of esters is 3. The first-order valence-corrected chi connectivity index (χ1v) is 34.0. The lowest BCUT2D eigenvalue weighted by Gasteiger charge is -2.18. The molecule has 0 aromatic heterocycles. The van der Waals surface area contributed by atoms with Gasteiger partial charge in [0.05, 0.1) is 0 Å². The van der Waals surface area contributed by atoms with Gasteiger partial charge in [-0.25, -0.2) is 0 Å². The second kappa shape index (κ2) is 65.2. The van der Waals surface area contributed by atoms with Crippen molar-refractivity contribution < 1.29 is 28.6 Å². The summed E-state index contributed by atoms with van der Waals surface area (Å²) >= 11 is 0. The van der Waals surface area contributed by atoms with Crippen LogP contribution in [0.15, 0.2) is 36.5 Å². The molecule has 6 heteroatoms. The topological polar surface area (TPSA) is 78.9 Å². The molecule has 0 N–H and O–H groups in total. The zero-order valence-electron chi connectivity index (χ0n) is 51.3. The molecule has 0 aliphatic rings. The maximum Gasteiger partial charge on any atom is 0.306 e. The van der Waals surface area contributed by atoms with Crippen LogP contribution in [0.25, 0.3) is 0 Å². The highest BCUT2D eigenvalue weighted by atomic mass is 16.6. The summed E-state index contributed by atoms with van der Waals surface area (Å²) in [5.74, 6) is -0.844. The van der Waals surface area contributed by atoms with Crippen LogP contribution in [0.4, 0.5) is 0 Å². The Kier molecular flexibility index (Phi) is 63.1. The van der Waals surface area contributed by atoms with E-state index in [2.05, 4.69) is 57.2 Å². The third-order valence-electron chi connectivity index (χ3n) is 15.4. The first-order valence-electron chi connectivity index (χ1n) is 34.0. The number of rotatable bonds is 63. The van der Waals surface area contributed by atoms with Crippen LogP contribution in [0.2, 0.25) is 0 Å². The minimum absolute atomic E-state index is 0.0674. The van der Waals surface area contributed by atoms with E-state index in [4.69, 9.17) is 14.2 Å². The molecule has 0 aliphatic carbocycles. The number of allylic oxidation sites excluding steroid dienone is 6. The summed E-state index contributed by atoms with van der Waals surface area (Å²) in [5.41, 5.74) is 0. The van der Waals surface area contributed by atoms with Gasteiger partial charge in [-0.3, -0.25) is 14.4 Å². The number of unbranched alkanes of at least 4 members (excludes halogenated alkanes) is 46. The Morgan fingerprint density at radius 1 is 0.263 bits per heavy atom. The van der Waals surface area contributed by atoms with E-state index in [0.717, 1.165) is 70.6 Å². The smallest absolute Gasteiger partial charge is 0.306 e. The summed E-state index contributed by atoms with van der Waals surface area (Å²) in [6.45, 7) is 6.69. The van der Waals surface area contributed by atoms with E-state index < -0.39 is 6.10 Å². The van der Waals surface area contributed by atoms with Crippen LogP contribution in [0, 0.1) is 0 Å². The van der Waals surface area contributed by atoms with Crippen LogP contribution in [-0.4, -0.2) is 37.2 Å². The summed E-state index contributed by atoms with van der Waals surface area (Å²) < 4.78 is 17.0. The third kappa shape index (κ3) is 62.5. The van der Waals surface area contributed by atoms with Crippen molar-refractivity contribution in [2.75, 3.05) is 13.2 Å². The van der Waals surface area contributed by atoms with E-state index >= 15 is 0 Å². The van der Waals surface area contributed by atoms with Gasteiger partial charge < -0.3 is 14.2 Å². The van der Waals surface area contributed by atoms with Gasteiger partial charge in [0.25, 0.3) is 0 Å². The van der Waals surface area contributed by atoms with Crippen molar-refractivity contribution in [2.24, 2.45) is 0 Å². The number of hydrogen-bond acceptors (Lipinski definition) is 6. The molecule has 0 spiro atoms. The van der Waals surface area contributed by atoms with Crippen LogP contribution < -0.4 is 0 Å². The van der Waals surface area contributed by atoms with Crippen molar-refractivity contribution in [3.8, 4) is 0 Å². The normalized spacial score (nSPS) is 12.2. The summed E-state index contributed by atoms with van der Waals surface area (Å²) in [6.07, 6.45) is 80.2. The fraction of sp³-hybridized carbons (Fsp3) is 0.871. The number of hydrogen-bond donors (Lipinski definition) is 0. The molecule has 0 aromatic rings. The van der Waals surface area contributed by atoms with E-state index in [9.17, 15) is 14.4 Å². The van der Waals surface area contributed by atoms with Crippen molar-refractivity contribution in [2.45, 2.75) is 380 Å². The second-order valence-electron chi connectivity index (χ2n) is 23.1. The minimum atomic E-state index is -0.770. The molecule has 0 aliphatic heterocycles. The second-order valence-corrected chi connectivity index (χ2v) is 23.1. The zero-order valence-corrected chi connectivity index (χ0v) is 51.3. The van der Waals surface area contributed by atoms with Gasteiger partial charge in [-0.05, 0) is 57.8 Å². The summed E-state index contributed by atoms with van der Waals surface area (Å²) in [7, 11) is 0. The van der Waals surface area contributed by atoms with E-state index in [1.807, 2.05) is 0 Å². The van der Waals surface area contributed by atoms with Crippen LogP contribution in [-0.2, 0) is 28.6 Å². The Hall–Kier alpha value is -2.37. The molecule has 0 bridgehead atoms. The molecule has 0 saturated heterocycles. The van der Waals surface area contributed by atoms with Crippen molar-refractivity contribution in [3.63, 3.8) is 0 Å². The molecule has 446 valence electrons. The fourth-order valence-electron chi connectivity index (χ4n) is 10.3. The van der Waals surface area contributed by atoms with E-state index in [1.165, 1.54) is 263 Å². The number of carbonyl (C=O) groups excluding carboxylic acids is 3. The predicted octanol–water partition coefficient (Wildman–Crippen LogP) is 23.2. The lowest BCUT2D eigenvalue weighted by molar-refractivity contribution is -0.167. The summed E-state index contributed by atoms with van der Waals surface area (Å²) in [5, 5.41) is 0. The van der Waals surface area contributed by atoms with Crippen molar-refractivity contribution in [1.82, 2.24) is 0 Å². The standard InChI is InChI=1S/C70H130O6/c1-4-7-10-13-16-19-22-25-27-29-31-33-34-35-36-38-39-41-43-45-48-51-54-57-60-63-69(72)75-66-67(65-74-68(71)62-59-56-53-50-47-24-21-18-15-12-9-6-3)76-70(73)64-61-58-55-52-49-46-44-42-40-37-32-30-28-26-23-20-17-14-11-8-5-2/h22,25,29,31,34-35,67H,4-21,23-24,26-28,30,32-33,36-66H2,1-3H3/b25-22-,31-29-,35-34-. The van der Waals surface area contributed by atoms with Gasteiger partial charge in [0.15, 0.2) is 6.10 Å². The Balaban J connectivity index is 4.24. The van der Waals surface area contributed by atoms with E-state index in [-0.39, 0.29) is 31.1 Å². The Morgan fingerprint density at radius 3 is 0.737 bits per heavy atom. The van der Waals surface area contributed by atoms with Crippen molar-refractivity contribution in [3.05, 3.63) is 36.5 Å². The van der Waals surface area contributed by atoms with Crippen LogP contribution in [0.3, 0.4) is 0 Å². The van der Waals surface area contributed by atoms with Crippen molar-refractivity contribution in [1.29, 1.82) is 0 Å². The Labute approximate surface area is 474 Å². The molecular formula is C70H130O6. The molecule has 0 heterocycles.